The van der Waals surface area contributed by atoms with Gasteiger partial charge in [0.1, 0.15) is 11.9 Å². The van der Waals surface area contributed by atoms with Crippen molar-refractivity contribution >= 4 is 17.4 Å². The fraction of sp³-hybridized carbons (Fsp3) is 0.364. The first-order chi connectivity index (χ1) is 14.3. The van der Waals surface area contributed by atoms with E-state index >= 15 is 0 Å². The van der Waals surface area contributed by atoms with Crippen molar-refractivity contribution in [2.45, 2.75) is 39.8 Å². The number of hydrazine groups is 1. The molecule has 0 aliphatic rings. The van der Waals surface area contributed by atoms with E-state index in [4.69, 9.17) is 26.5 Å². The minimum atomic E-state index is -0.731. The molecule has 2 aromatic rings. The van der Waals surface area contributed by atoms with Gasteiger partial charge in [-0.15, -0.1) is 0 Å². The summed E-state index contributed by atoms with van der Waals surface area (Å²) in [4.78, 5) is 13.0. The highest BCUT2D eigenvalue weighted by atomic mass is 16.5. The Morgan fingerprint density at radius 1 is 1.13 bits per heavy atom. The summed E-state index contributed by atoms with van der Waals surface area (Å²) in [5.74, 6) is 6.79. The lowest BCUT2D eigenvalue weighted by Crippen LogP contribution is -2.42. The third-order valence-electron chi connectivity index (χ3n) is 4.34. The zero-order chi connectivity index (χ0) is 22.3. The van der Waals surface area contributed by atoms with Gasteiger partial charge in [0.15, 0.2) is 11.5 Å². The van der Waals surface area contributed by atoms with Crippen LogP contribution in [0.25, 0.3) is 0 Å². The van der Waals surface area contributed by atoms with Gasteiger partial charge >= 0.3 is 0 Å². The number of amides is 1. The molecule has 2 aromatic carbocycles. The van der Waals surface area contributed by atoms with Gasteiger partial charge in [-0.3, -0.25) is 15.2 Å². The van der Waals surface area contributed by atoms with Crippen molar-refractivity contribution in [3.63, 3.8) is 0 Å². The third kappa shape index (κ3) is 5.87. The van der Waals surface area contributed by atoms with E-state index in [2.05, 4.69) is 5.32 Å². The molecular weight excluding hydrogens is 382 g/mol. The number of carbonyl (C=O) groups excluding carboxylic acids is 1. The minimum absolute atomic E-state index is 0.00924. The minimum Gasteiger partial charge on any atom is -0.490 e. The molecule has 0 fully saturated rings. The second kappa shape index (κ2) is 10.5. The lowest BCUT2D eigenvalue weighted by atomic mass is 10.0. The largest absolute Gasteiger partial charge is 0.490 e. The predicted molar refractivity (Wildman–Crippen MR) is 119 cm³/mol. The Hall–Kier alpha value is -3.26. The van der Waals surface area contributed by atoms with Gasteiger partial charge in [0.25, 0.3) is 5.91 Å². The third-order valence-corrected chi connectivity index (χ3v) is 4.34. The fourth-order valence-corrected chi connectivity index (χ4v) is 2.85. The molecule has 0 aliphatic carbocycles. The predicted octanol–water partition coefficient (Wildman–Crippen LogP) is 3.03. The van der Waals surface area contributed by atoms with Gasteiger partial charge in [-0.1, -0.05) is 6.07 Å². The molecule has 2 rings (SSSR count). The topological polar surface area (TPSA) is 127 Å². The van der Waals surface area contributed by atoms with E-state index in [9.17, 15) is 4.79 Å². The average molecular weight is 414 g/mol. The van der Waals surface area contributed by atoms with E-state index in [-0.39, 0.29) is 17.8 Å². The van der Waals surface area contributed by atoms with Crippen LogP contribution in [0.2, 0.25) is 0 Å². The van der Waals surface area contributed by atoms with E-state index in [1.54, 1.807) is 36.4 Å². The second-order valence-electron chi connectivity index (χ2n) is 7.00. The second-order valence-corrected chi connectivity index (χ2v) is 7.00. The van der Waals surface area contributed by atoms with Gasteiger partial charge in [0, 0.05) is 17.8 Å². The number of nitrogen functional groups attached to an aromatic ring is 1. The van der Waals surface area contributed by atoms with Gasteiger partial charge in [-0.2, -0.15) is 0 Å². The van der Waals surface area contributed by atoms with E-state index < -0.39 is 6.04 Å². The normalized spacial score (nSPS) is 11.7. The van der Waals surface area contributed by atoms with Crippen molar-refractivity contribution in [1.29, 1.82) is 5.41 Å². The molecular formula is C22H31N5O3. The number of nitrogens with two attached hydrogens (primary N) is 2. The number of hydrogen-bond acceptors (Lipinski definition) is 6. The number of hydrogen-bond donors (Lipinski definition) is 4. The summed E-state index contributed by atoms with van der Waals surface area (Å²) in [5, 5.41) is 11.9. The van der Waals surface area contributed by atoms with Crippen LogP contribution in [-0.4, -0.2) is 36.0 Å². The van der Waals surface area contributed by atoms with E-state index in [1.165, 1.54) is 5.01 Å². The molecule has 8 nitrogen and oxygen atoms in total. The molecule has 0 saturated heterocycles. The Morgan fingerprint density at radius 2 is 1.80 bits per heavy atom. The molecule has 6 N–H and O–H groups in total. The standard InChI is InChI=1S/C22H31N5O3/c1-5-27(25)22(28)20(26-17-10-7-15(8-11-17)21(23)24)16-9-12-18(30-14(3)4)19(13-16)29-6-2/h7-14,20,26H,5-6,25H2,1-4H3,(H3,23,24). The zero-order valence-electron chi connectivity index (χ0n) is 17.9. The van der Waals surface area contributed by atoms with E-state index in [0.717, 1.165) is 0 Å². The summed E-state index contributed by atoms with van der Waals surface area (Å²) >= 11 is 0. The van der Waals surface area contributed by atoms with Crippen LogP contribution in [0.3, 0.4) is 0 Å². The molecule has 162 valence electrons. The SMILES string of the molecule is CCOc1cc(C(Nc2ccc(C(=N)N)cc2)C(=O)N(N)CC)ccc1OC(C)C. The van der Waals surface area contributed by atoms with Crippen molar-refractivity contribution in [3.8, 4) is 11.5 Å². The quantitative estimate of drug-likeness (QED) is 0.156. The number of ether oxygens (including phenoxy) is 2. The molecule has 0 aromatic heterocycles. The summed E-state index contributed by atoms with van der Waals surface area (Å²) in [6, 6.07) is 11.7. The Kier molecular flexibility index (Phi) is 8.06. The summed E-state index contributed by atoms with van der Waals surface area (Å²) < 4.78 is 11.6. The number of nitrogens with one attached hydrogen (secondary N) is 2. The van der Waals surface area contributed by atoms with Crippen LogP contribution in [0.15, 0.2) is 42.5 Å². The first kappa shape index (κ1) is 23.0. The number of rotatable bonds is 10. The first-order valence-corrected chi connectivity index (χ1v) is 9.97. The van der Waals surface area contributed by atoms with Gasteiger partial charge in [0.05, 0.1) is 12.7 Å². The van der Waals surface area contributed by atoms with Crippen LogP contribution < -0.4 is 26.4 Å². The van der Waals surface area contributed by atoms with E-state index in [0.29, 0.717) is 41.5 Å². The average Bonchev–Trinajstić information content (AvgIpc) is 2.72. The molecule has 0 spiro atoms. The molecule has 0 aliphatic heterocycles. The first-order valence-electron chi connectivity index (χ1n) is 9.97. The molecule has 8 heteroatoms. The highest BCUT2D eigenvalue weighted by Gasteiger charge is 2.25. The zero-order valence-corrected chi connectivity index (χ0v) is 17.9. The van der Waals surface area contributed by atoms with Gasteiger partial charge in [-0.05, 0) is 69.7 Å². The highest BCUT2D eigenvalue weighted by Crippen LogP contribution is 2.33. The molecule has 30 heavy (non-hydrogen) atoms. The van der Waals surface area contributed by atoms with Gasteiger partial charge in [-0.25, -0.2) is 5.84 Å². The molecule has 0 saturated carbocycles. The lowest BCUT2D eigenvalue weighted by Gasteiger charge is -2.25. The number of anilines is 1. The smallest absolute Gasteiger partial charge is 0.263 e. The maximum atomic E-state index is 13.0. The van der Waals surface area contributed by atoms with Crippen LogP contribution >= 0.6 is 0 Å². The summed E-state index contributed by atoms with van der Waals surface area (Å²) in [5.41, 5.74) is 7.51. The molecule has 1 unspecified atom stereocenters. The van der Waals surface area contributed by atoms with Crippen molar-refractivity contribution in [3.05, 3.63) is 53.6 Å². The maximum absolute atomic E-state index is 13.0. The van der Waals surface area contributed by atoms with Crippen LogP contribution in [0.4, 0.5) is 5.69 Å². The van der Waals surface area contributed by atoms with Crippen molar-refractivity contribution in [2.24, 2.45) is 11.6 Å². The van der Waals surface area contributed by atoms with E-state index in [1.807, 2.05) is 33.8 Å². The number of nitrogens with zero attached hydrogens (tertiary/aromatic N) is 1. The number of benzene rings is 2. The monoisotopic (exact) mass is 413 g/mol. The van der Waals surface area contributed by atoms with Crippen LogP contribution in [0.5, 0.6) is 11.5 Å². The summed E-state index contributed by atoms with van der Waals surface area (Å²) in [6.45, 7) is 8.41. The molecule has 1 atom stereocenters. The number of amidine groups is 1. The summed E-state index contributed by atoms with van der Waals surface area (Å²) in [7, 11) is 0. The fourth-order valence-electron chi connectivity index (χ4n) is 2.85. The molecule has 0 radical (unpaired) electrons. The Balaban J connectivity index is 2.42. The van der Waals surface area contributed by atoms with Crippen molar-refractivity contribution < 1.29 is 14.3 Å². The number of likely N-dealkylation sites (N-methyl/N-ethyl adjacent to an activating group) is 1. The molecule has 0 bridgehead atoms. The Bertz CT molecular complexity index is 868. The van der Waals surface area contributed by atoms with Crippen LogP contribution in [0.1, 0.15) is 44.9 Å². The maximum Gasteiger partial charge on any atom is 0.263 e. The molecule has 0 heterocycles. The van der Waals surface area contributed by atoms with Crippen LogP contribution in [-0.2, 0) is 4.79 Å². The van der Waals surface area contributed by atoms with Gasteiger partial charge in [0.2, 0.25) is 0 Å². The lowest BCUT2D eigenvalue weighted by molar-refractivity contribution is -0.132. The summed E-state index contributed by atoms with van der Waals surface area (Å²) in [6.07, 6.45) is -0.00924. The van der Waals surface area contributed by atoms with Crippen molar-refractivity contribution in [1.82, 2.24) is 5.01 Å². The Labute approximate surface area is 177 Å². The van der Waals surface area contributed by atoms with Crippen LogP contribution in [0, 0.1) is 5.41 Å². The number of carbonyl (C=O) groups is 1. The Morgan fingerprint density at radius 3 is 2.33 bits per heavy atom. The van der Waals surface area contributed by atoms with Crippen molar-refractivity contribution in [2.75, 3.05) is 18.5 Å². The molecule has 1 amide bonds. The van der Waals surface area contributed by atoms with Gasteiger partial charge < -0.3 is 20.5 Å². The highest BCUT2D eigenvalue weighted by molar-refractivity contribution is 5.95.